The van der Waals surface area contributed by atoms with Crippen LogP contribution in [0, 0.1) is 0 Å². The molecule has 0 saturated carbocycles. The van der Waals surface area contributed by atoms with Crippen LogP contribution in [-0.4, -0.2) is 23.3 Å². The third kappa shape index (κ3) is 4.14. The van der Waals surface area contributed by atoms with Gasteiger partial charge in [0.15, 0.2) is 0 Å². The third-order valence-corrected chi connectivity index (χ3v) is 4.50. The standard InChI is InChI=1S/C16H19N3O2S/c1-16(2,13-4-3-11-22-13)15(21)18-10-7-14(20)19-12-5-8-17-9-6-12/h3-6,8-9,11H,7,10H2,1-2H3,(H,18,21)(H,17,19,20). The summed E-state index contributed by atoms with van der Waals surface area (Å²) in [5.41, 5.74) is 0.112. The van der Waals surface area contributed by atoms with Gasteiger partial charge in [-0.25, -0.2) is 0 Å². The number of carbonyl (C=O) groups excluding carboxylic acids is 2. The molecule has 0 saturated heterocycles. The van der Waals surface area contributed by atoms with Crippen molar-refractivity contribution in [1.29, 1.82) is 0 Å². The van der Waals surface area contributed by atoms with Crippen LogP contribution < -0.4 is 10.6 Å². The van der Waals surface area contributed by atoms with E-state index in [-0.39, 0.29) is 18.2 Å². The second-order valence-corrected chi connectivity index (χ2v) is 6.34. The molecule has 2 aromatic heterocycles. The fourth-order valence-electron chi connectivity index (χ4n) is 1.92. The van der Waals surface area contributed by atoms with E-state index in [2.05, 4.69) is 15.6 Å². The maximum absolute atomic E-state index is 12.3. The summed E-state index contributed by atoms with van der Waals surface area (Å²) in [4.78, 5) is 28.9. The van der Waals surface area contributed by atoms with E-state index in [4.69, 9.17) is 0 Å². The molecule has 0 aliphatic carbocycles. The Labute approximate surface area is 133 Å². The molecular weight excluding hydrogens is 298 g/mol. The Hall–Kier alpha value is -2.21. The van der Waals surface area contributed by atoms with Gasteiger partial charge in [-0.1, -0.05) is 6.07 Å². The molecule has 2 heterocycles. The number of pyridine rings is 1. The van der Waals surface area contributed by atoms with E-state index in [1.807, 2.05) is 31.4 Å². The molecule has 2 aromatic rings. The number of nitrogens with zero attached hydrogens (tertiary/aromatic N) is 1. The summed E-state index contributed by atoms with van der Waals surface area (Å²) in [6, 6.07) is 7.31. The van der Waals surface area contributed by atoms with Gasteiger partial charge in [-0.2, -0.15) is 0 Å². The van der Waals surface area contributed by atoms with Crippen LogP contribution in [0.25, 0.3) is 0 Å². The first-order chi connectivity index (χ1) is 10.5. The van der Waals surface area contributed by atoms with E-state index in [0.717, 1.165) is 4.88 Å². The molecule has 2 amide bonds. The van der Waals surface area contributed by atoms with Crippen molar-refractivity contribution in [3.05, 3.63) is 46.9 Å². The first-order valence-electron chi connectivity index (χ1n) is 7.02. The molecular formula is C16H19N3O2S. The summed E-state index contributed by atoms with van der Waals surface area (Å²) in [7, 11) is 0. The van der Waals surface area contributed by atoms with E-state index in [9.17, 15) is 9.59 Å². The summed E-state index contributed by atoms with van der Waals surface area (Å²) in [6.45, 7) is 4.07. The van der Waals surface area contributed by atoms with Crippen molar-refractivity contribution in [3.8, 4) is 0 Å². The van der Waals surface area contributed by atoms with E-state index in [1.54, 1.807) is 35.9 Å². The van der Waals surface area contributed by atoms with Gasteiger partial charge in [0, 0.05) is 35.9 Å². The Balaban J connectivity index is 1.78. The van der Waals surface area contributed by atoms with Crippen molar-refractivity contribution in [3.63, 3.8) is 0 Å². The SMILES string of the molecule is CC(C)(C(=O)NCCC(=O)Nc1ccncc1)c1cccs1. The number of rotatable bonds is 6. The van der Waals surface area contributed by atoms with Crippen LogP contribution in [0.1, 0.15) is 25.1 Å². The highest BCUT2D eigenvalue weighted by Crippen LogP contribution is 2.27. The van der Waals surface area contributed by atoms with Crippen LogP contribution in [0.4, 0.5) is 5.69 Å². The lowest BCUT2D eigenvalue weighted by atomic mass is 9.90. The van der Waals surface area contributed by atoms with Crippen molar-refractivity contribution < 1.29 is 9.59 Å². The van der Waals surface area contributed by atoms with Gasteiger partial charge in [0.2, 0.25) is 11.8 Å². The Bertz CT molecular complexity index is 624. The number of anilines is 1. The Morgan fingerprint density at radius 2 is 1.95 bits per heavy atom. The normalized spacial score (nSPS) is 11.0. The predicted octanol–water partition coefficient (Wildman–Crippen LogP) is 2.57. The summed E-state index contributed by atoms with van der Waals surface area (Å²) >= 11 is 1.55. The predicted molar refractivity (Wildman–Crippen MR) is 87.8 cm³/mol. The van der Waals surface area contributed by atoms with Crippen LogP contribution >= 0.6 is 11.3 Å². The highest BCUT2D eigenvalue weighted by atomic mass is 32.1. The smallest absolute Gasteiger partial charge is 0.230 e. The van der Waals surface area contributed by atoms with Gasteiger partial charge in [-0.3, -0.25) is 14.6 Å². The number of amides is 2. The van der Waals surface area contributed by atoms with E-state index in [1.165, 1.54) is 0 Å². The number of aromatic nitrogens is 1. The van der Waals surface area contributed by atoms with Gasteiger partial charge < -0.3 is 10.6 Å². The van der Waals surface area contributed by atoms with Crippen molar-refractivity contribution >= 4 is 28.8 Å². The lowest BCUT2D eigenvalue weighted by Gasteiger charge is -2.22. The number of nitrogens with one attached hydrogen (secondary N) is 2. The molecule has 0 aliphatic rings. The fourth-order valence-corrected chi connectivity index (χ4v) is 2.76. The minimum absolute atomic E-state index is 0.0772. The molecule has 0 atom stereocenters. The number of carbonyl (C=O) groups is 2. The second kappa shape index (κ2) is 7.17. The van der Waals surface area contributed by atoms with Crippen molar-refractivity contribution in [2.45, 2.75) is 25.7 Å². The monoisotopic (exact) mass is 317 g/mol. The first kappa shape index (κ1) is 16.2. The zero-order valence-corrected chi connectivity index (χ0v) is 13.4. The van der Waals surface area contributed by atoms with Gasteiger partial charge >= 0.3 is 0 Å². The molecule has 0 aromatic carbocycles. The van der Waals surface area contributed by atoms with Gasteiger partial charge in [0.1, 0.15) is 0 Å². The molecule has 0 fully saturated rings. The van der Waals surface area contributed by atoms with Crippen LogP contribution in [0.15, 0.2) is 42.0 Å². The lowest BCUT2D eigenvalue weighted by molar-refractivity contribution is -0.125. The molecule has 0 spiro atoms. The van der Waals surface area contributed by atoms with Crippen LogP contribution in [0.5, 0.6) is 0 Å². The molecule has 0 radical (unpaired) electrons. The van der Waals surface area contributed by atoms with Gasteiger partial charge in [0.05, 0.1) is 5.41 Å². The quantitative estimate of drug-likeness (QED) is 0.860. The van der Waals surface area contributed by atoms with Gasteiger partial charge in [-0.15, -0.1) is 11.3 Å². The molecule has 0 bridgehead atoms. The topological polar surface area (TPSA) is 71.1 Å². The third-order valence-electron chi connectivity index (χ3n) is 3.31. The molecule has 6 heteroatoms. The second-order valence-electron chi connectivity index (χ2n) is 5.39. The Morgan fingerprint density at radius 1 is 1.23 bits per heavy atom. The molecule has 2 rings (SSSR count). The number of hydrogen-bond acceptors (Lipinski definition) is 4. The van der Waals surface area contributed by atoms with Gasteiger partial charge in [-0.05, 0) is 37.4 Å². The van der Waals surface area contributed by atoms with E-state index < -0.39 is 5.41 Å². The average Bonchev–Trinajstić information content (AvgIpc) is 3.03. The lowest BCUT2D eigenvalue weighted by Crippen LogP contribution is -2.40. The minimum Gasteiger partial charge on any atom is -0.355 e. The largest absolute Gasteiger partial charge is 0.355 e. The summed E-state index contributed by atoms with van der Waals surface area (Å²) in [5.74, 6) is -0.216. The average molecular weight is 317 g/mol. The van der Waals surface area contributed by atoms with Crippen molar-refractivity contribution in [2.75, 3.05) is 11.9 Å². The molecule has 0 unspecified atom stereocenters. The maximum Gasteiger partial charge on any atom is 0.230 e. The maximum atomic E-state index is 12.3. The molecule has 22 heavy (non-hydrogen) atoms. The number of thiophene rings is 1. The van der Waals surface area contributed by atoms with Crippen LogP contribution in [-0.2, 0) is 15.0 Å². The van der Waals surface area contributed by atoms with Crippen LogP contribution in [0.2, 0.25) is 0 Å². The highest BCUT2D eigenvalue weighted by molar-refractivity contribution is 7.10. The Kier molecular flexibility index (Phi) is 5.27. The minimum atomic E-state index is -0.588. The summed E-state index contributed by atoms with van der Waals surface area (Å²) in [5, 5.41) is 7.53. The fraction of sp³-hybridized carbons (Fsp3) is 0.312. The van der Waals surface area contributed by atoms with Crippen molar-refractivity contribution in [1.82, 2.24) is 10.3 Å². The van der Waals surface area contributed by atoms with E-state index >= 15 is 0 Å². The molecule has 2 N–H and O–H groups in total. The summed E-state index contributed by atoms with van der Waals surface area (Å²) < 4.78 is 0. The van der Waals surface area contributed by atoms with E-state index in [0.29, 0.717) is 12.2 Å². The van der Waals surface area contributed by atoms with Gasteiger partial charge in [0.25, 0.3) is 0 Å². The highest BCUT2D eigenvalue weighted by Gasteiger charge is 2.30. The molecule has 116 valence electrons. The summed E-state index contributed by atoms with van der Waals surface area (Å²) in [6.07, 6.45) is 3.45. The number of hydrogen-bond donors (Lipinski definition) is 2. The first-order valence-corrected chi connectivity index (χ1v) is 7.90. The van der Waals surface area contributed by atoms with Crippen LogP contribution in [0.3, 0.4) is 0 Å². The zero-order chi connectivity index (χ0) is 16.0. The van der Waals surface area contributed by atoms with Crippen molar-refractivity contribution in [2.24, 2.45) is 0 Å². The molecule has 5 nitrogen and oxygen atoms in total. The molecule has 0 aliphatic heterocycles. The Morgan fingerprint density at radius 3 is 2.59 bits per heavy atom. The zero-order valence-electron chi connectivity index (χ0n) is 12.6.